The van der Waals surface area contributed by atoms with Crippen molar-refractivity contribution in [1.82, 2.24) is 0 Å². The minimum absolute atomic E-state index is 0.300. The first-order valence-corrected chi connectivity index (χ1v) is 6.06. The van der Waals surface area contributed by atoms with Crippen LogP contribution in [0.1, 0.15) is 27.2 Å². The van der Waals surface area contributed by atoms with Crippen LogP contribution in [-0.2, 0) is 0 Å². The maximum Gasteiger partial charge on any atom is 0.00494 e. The third kappa shape index (κ3) is 8.27. The summed E-state index contributed by atoms with van der Waals surface area (Å²) in [6, 6.07) is 0. The molecule has 0 saturated carbocycles. The highest BCUT2D eigenvalue weighted by molar-refractivity contribution is 5.31. The smallest absolute Gasteiger partial charge is 0.00494 e. The third-order valence-corrected chi connectivity index (χ3v) is 2.23. The van der Waals surface area contributed by atoms with E-state index in [1.54, 1.807) is 0 Å². The molecule has 1 atom stereocenters. The Bertz CT molecular complexity index is 300. The summed E-state index contributed by atoms with van der Waals surface area (Å²) in [4.78, 5) is 0. The van der Waals surface area contributed by atoms with Gasteiger partial charge in [-0.05, 0) is 18.9 Å². The highest BCUT2D eigenvalue weighted by atomic mass is 14.1. The summed E-state index contributed by atoms with van der Waals surface area (Å²) in [7, 11) is 0. The fraction of sp³-hybridized carbons (Fsp3) is 0.294. The third-order valence-electron chi connectivity index (χ3n) is 2.23. The standard InChI is InChI=1S/C15H20.C2H6/c1-6-10-14(8-3)15(9-4)12-11-13(5)7-2;1-2/h6-9,11-12,14H,1-4,10H2,5H3;1-2H3/b13-11+,15-12+;. The van der Waals surface area contributed by atoms with Crippen LogP contribution in [0, 0.1) is 5.92 Å². The molecule has 0 aromatic carbocycles. The predicted octanol–water partition coefficient (Wildman–Crippen LogP) is 5.64. The second-order valence-electron chi connectivity index (χ2n) is 3.35. The number of hydrogen-bond donors (Lipinski definition) is 0. The normalized spacial score (nSPS) is 12.9. The zero-order valence-corrected chi connectivity index (χ0v) is 11.6. The molecule has 0 aliphatic heterocycles. The molecule has 0 amide bonds. The van der Waals surface area contributed by atoms with E-state index >= 15 is 0 Å². The Morgan fingerprint density at radius 3 is 1.94 bits per heavy atom. The molecular formula is C17H26. The molecule has 0 N–H and O–H groups in total. The molecule has 0 heterocycles. The van der Waals surface area contributed by atoms with Crippen LogP contribution in [0.4, 0.5) is 0 Å². The average Bonchev–Trinajstić information content (AvgIpc) is 2.39. The van der Waals surface area contributed by atoms with Gasteiger partial charge in [0.2, 0.25) is 0 Å². The Labute approximate surface area is 107 Å². The van der Waals surface area contributed by atoms with E-state index in [1.165, 1.54) is 0 Å². The zero-order chi connectivity index (χ0) is 13.7. The average molecular weight is 230 g/mol. The van der Waals surface area contributed by atoms with Crippen LogP contribution >= 0.6 is 0 Å². The van der Waals surface area contributed by atoms with Crippen LogP contribution in [0.15, 0.2) is 73.9 Å². The molecule has 0 fully saturated rings. The molecule has 1 unspecified atom stereocenters. The van der Waals surface area contributed by atoms with Crippen molar-refractivity contribution in [3.63, 3.8) is 0 Å². The molecule has 0 nitrogen and oxygen atoms in total. The summed E-state index contributed by atoms with van der Waals surface area (Å²) < 4.78 is 0. The molecule has 0 radical (unpaired) electrons. The van der Waals surface area contributed by atoms with Crippen LogP contribution in [-0.4, -0.2) is 0 Å². The lowest BCUT2D eigenvalue weighted by atomic mass is 9.95. The van der Waals surface area contributed by atoms with E-state index in [-0.39, 0.29) is 0 Å². The van der Waals surface area contributed by atoms with E-state index in [9.17, 15) is 0 Å². The predicted molar refractivity (Wildman–Crippen MR) is 82.1 cm³/mol. The molecule has 94 valence electrons. The second-order valence-corrected chi connectivity index (χ2v) is 3.35. The topological polar surface area (TPSA) is 0 Å². The van der Waals surface area contributed by atoms with Crippen LogP contribution in [0.25, 0.3) is 0 Å². The molecule has 0 spiro atoms. The van der Waals surface area contributed by atoms with E-state index < -0.39 is 0 Å². The van der Waals surface area contributed by atoms with Gasteiger partial charge < -0.3 is 0 Å². The SMILES string of the molecule is C=CCC(C=C)/C(C=C)=C/C=C(\C)C=C.CC. The molecule has 0 aliphatic rings. The first-order valence-electron chi connectivity index (χ1n) is 6.06. The molecule has 0 aliphatic carbocycles. The fourth-order valence-electron chi connectivity index (χ4n) is 1.19. The molecule has 0 bridgehead atoms. The van der Waals surface area contributed by atoms with Crippen LogP contribution in [0.2, 0.25) is 0 Å². The zero-order valence-electron chi connectivity index (χ0n) is 11.6. The Morgan fingerprint density at radius 2 is 1.59 bits per heavy atom. The summed E-state index contributed by atoms with van der Waals surface area (Å²) in [5.74, 6) is 0.300. The highest BCUT2D eigenvalue weighted by Crippen LogP contribution is 2.18. The quantitative estimate of drug-likeness (QED) is 0.392. The van der Waals surface area contributed by atoms with Crippen molar-refractivity contribution in [3.8, 4) is 0 Å². The Hall–Kier alpha value is -1.56. The lowest BCUT2D eigenvalue weighted by molar-refractivity contribution is 0.799. The van der Waals surface area contributed by atoms with Gasteiger partial charge in [-0.15, -0.1) is 13.2 Å². The molecule has 0 aromatic heterocycles. The van der Waals surface area contributed by atoms with Gasteiger partial charge in [0.1, 0.15) is 0 Å². The molecule has 0 saturated heterocycles. The highest BCUT2D eigenvalue weighted by Gasteiger charge is 2.04. The van der Waals surface area contributed by atoms with Gasteiger partial charge in [0, 0.05) is 5.92 Å². The van der Waals surface area contributed by atoms with E-state index in [2.05, 4.69) is 32.4 Å². The van der Waals surface area contributed by atoms with Crippen molar-refractivity contribution in [2.75, 3.05) is 0 Å². The summed E-state index contributed by atoms with van der Waals surface area (Å²) >= 11 is 0. The largest absolute Gasteiger partial charge is 0.103 e. The first-order chi connectivity index (χ1) is 8.19. The lowest BCUT2D eigenvalue weighted by Gasteiger charge is -2.10. The minimum atomic E-state index is 0.300. The molecule has 17 heavy (non-hydrogen) atoms. The monoisotopic (exact) mass is 230 g/mol. The van der Waals surface area contributed by atoms with E-state index in [0.29, 0.717) is 5.92 Å². The van der Waals surface area contributed by atoms with Crippen molar-refractivity contribution in [2.24, 2.45) is 5.92 Å². The van der Waals surface area contributed by atoms with E-state index in [1.807, 2.05) is 51.2 Å². The fourth-order valence-corrected chi connectivity index (χ4v) is 1.19. The van der Waals surface area contributed by atoms with Gasteiger partial charge in [-0.3, -0.25) is 0 Å². The van der Waals surface area contributed by atoms with Gasteiger partial charge in [-0.2, -0.15) is 0 Å². The maximum absolute atomic E-state index is 3.82. The van der Waals surface area contributed by atoms with Crippen LogP contribution in [0.5, 0.6) is 0 Å². The van der Waals surface area contributed by atoms with Crippen molar-refractivity contribution >= 4 is 0 Å². The molecule has 0 aromatic rings. The molecule has 0 rings (SSSR count). The lowest BCUT2D eigenvalue weighted by Crippen LogP contribution is -1.96. The van der Waals surface area contributed by atoms with Crippen molar-refractivity contribution in [2.45, 2.75) is 27.2 Å². The van der Waals surface area contributed by atoms with E-state index in [0.717, 1.165) is 17.6 Å². The van der Waals surface area contributed by atoms with Gasteiger partial charge in [-0.1, -0.05) is 69.0 Å². The second kappa shape index (κ2) is 12.5. The van der Waals surface area contributed by atoms with Crippen LogP contribution < -0.4 is 0 Å². The molecular weight excluding hydrogens is 204 g/mol. The molecule has 0 heteroatoms. The van der Waals surface area contributed by atoms with Gasteiger partial charge in [0.15, 0.2) is 0 Å². The first kappa shape index (κ1) is 17.8. The Kier molecular flexibility index (Phi) is 13.1. The summed E-state index contributed by atoms with van der Waals surface area (Å²) in [6.45, 7) is 21.1. The summed E-state index contributed by atoms with van der Waals surface area (Å²) in [5.41, 5.74) is 2.29. The van der Waals surface area contributed by atoms with Crippen molar-refractivity contribution in [1.29, 1.82) is 0 Å². The van der Waals surface area contributed by atoms with Crippen molar-refractivity contribution in [3.05, 3.63) is 73.9 Å². The Balaban J connectivity index is 0. The van der Waals surface area contributed by atoms with Gasteiger partial charge in [0.05, 0.1) is 0 Å². The van der Waals surface area contributed by atoms with E-state index in [4.69, 9.17) is 0 Å². The van der Waals surface area contributed by atoms with Crippen molar-refractivity contribution < 1.29 is 0 Å². The maximum atomic E-state index is 3.82. The van der Waals surface area contributed by atoms with Crippen LogP contribution in [0.3, 0.4) is 0 Å². The van der Waals surface area contributed by atoms with Gasteiger partial charge in [0.25, 0.3) is 0 Å². The summed E-state index contributed by atoms with van der Waals surface area (Å²) in [6.07, 6.45) is 12.5. The van der Waals surface area contributed by atoms with Gasteiger partial charge in [-0.25, -0.2) is 0 Å². The minimum Gasteiger partial charge on any atom is -0.103 e. The number of hydrogen-bond acceptors (Lipinski definition) is 0. The Morgan fingerprint density at radius 1 is 1.00 bits per heavy atom. The number of allylic oxidation sites excluding steroid dienone is 8. The number of rotatable bonds is 7. The van der Waals surface area contributed by atoms with Gasteiger partial charge >= 0.3 is 0 Å². The summed E-state index contributed by atoms with van der Waals surface area (Å²) in [5, 5.41) is 0.